The highest BCUT2D eigenvalue weighted by molar-refractivity contribution is 7.24. The molecule has 0 saturated carbocycles. The summed E-state index contributed by atoms with van der Waals surface area (Å²) in [7, 11) is 0. The largest absolute Gasteiger partial charge is 0.246 e. The van der Waals surface area contributed by atoms with E-state index in [0.29, 0.717) is 5.92 Å². The van der Waals surface area contributed by atoms with E-state index in [2.05, 4.69) is 34.4 Å². The Hall–Kier alpha value is -1.64. The SMILES string of the molecule is Cc1nc(C(C)C)c(-c2nn3c(-c4ccsc4)nnc3s2)s1. The molecule has 0 radical (unpaired) electrons. The van der Waals surface area contributed by atoms with Crippen LogP contribution in [0, 0.1) is 6.92 Å². The molecule has 0 unspecified atom stereocenters. The van der Waals surface area contributed by atoms with E-state index in [9.17, 15) is 0 Å². The van der Waals surface area contributed by atoms with Crippen molar-refractivity contribution < 1.29 is 0 Å². The van der Waals surface area contributed by atoms with Gasteiger partial charge in [0.25, 0.3) is 0 Å². The highest BCUT2D eigenvalue weighted by Gasteiger charge is 2.20. The van der Waals surface area contributed by atoms with Crippen LogP contribution in [0.3, 0.4) is 0 Å². The summed E-state index contributed by atoms with van der Waals surface area (Å²) >= 11 is 4.91. The van der Waals surface area contributed by atoms with Crippen LogP contribution < -0.4 is 0 Å². The van der Waals surface area contributed by atoms with Gasteiger partial charge in [-0.2, -0.15) is 21.0 Å². The molecule has 0 aromatic carbocycles. The molecule has 0 aliphatic rings. The second-order valence-corrected chi connectivity index (χ2v) is 8.18. The van der Waals surface area contributed by atoms with E-state index in [1.165, 1.54) is 0 Å². The van der Waals surface area contributed by atoms with Crippen molar-refractivity contribution in [2.75, 3.05) is 0 Å². The second kappa shape index (κ2) is 5.22. The highest BCUT2D eigenvalue weighted by Crippen LogP contribution is 2.37. The van der Waals surface area contributed by atoms with Crippen LogP contribution in [0.2, 0.25) is 0 Å². The maximum atomic E-state index is 4.74. The smallest absolute Gasteiger partial charge is 0.235 e. The Morgan fingerprint density at radius 1 is 1.18 bits per heavy atom. The Bertz CT molecular complexity index is 929. The van der Waals surface area contributed by atoms with Gasteiger partial charge in [-0.25, -0.2) is 4.98 Å². The van der Waals surface area contributed by atoms with E-state index >= 15 is 0 Å². The van der Waals surface area contributed by atoms with E-state index in [-0.39, 0.29) is 0 Å². The molecule has 8 heteroatoms. The summed E-state index contributed by atoms with van der Waals surface area (Å²) in [6, 6.07) is 2.04. The van der Waals surface area contributed by atoms with E-state index in [1.807, 2.05) is 22.9 Å². The van der Waals surface area contributed by atoms with Gasteiger partial charge < -0.3 is 0 Å². The summed E-state index contributed by atoms with van der Waals surface area (Å²) in [5.74, 6) is 1.18. The normalized spacial score (nSPS) is 11.8. The molecule has 0 saturated heterocycles. The van der Waals surface area contributed by atoms with Gasteiger partial charge in [-0.05, 0) is 24.3 Å². The molecule has 0 N–H and O–H groups in total. The van der Waals surface area contributed by atoms with Gasteiger partial charge in [0.1, 0.15) is 0 Å². The number of thiazole rings is 1. The van der Waals surface area contributed by atoms with Gasteiger partial charge in [0, 0.05) is 10.9 Å². The summed E-state index contributed by atoms with van der Waals surface area (Å²) in [5.41, 5.74) is 2.17. The molecule has 0 fully saturated rings. The molecule has 4 heterocycles. The predicted octanol–water partition coefficient (Wildman–Crippen LogP) is 4.47. The summed E-state index contributed by atoms with van der Waals surface area (Å²) in [6.45, 7) is 6.36. The Morgan fingerprint density at radius 2 is 2.05 bits per heavy atom. The Morgan fingerprint density at radius 3 is 2.77 bits per heavy atom. The summed E-state index contributed by atoms with van der Waals surface area (Å²) in [6.07, 6.45) is 0. The molecule has 112 valence electrons. The second-order valence-electron chi connectivity index (χ2n) is 5.24. The molecule has 4 aromatic heterocycles. The summed E-state index contributed by atoms with van der Waals surface area (Å²) in [5, 5.41) is 19.4. The standard InChI is InChI=1S/C14H13N5S3/c1-7(2)10-11(21-8(3)15-10)13-18-19-12(9-4-5-20-6-9)16-17-14(19)22-13/h4-7H,1-3H3. The fourth-order valence-electron chi connectivity index (χ4n) is 2.27. The minimum absolute atomic E-state index is 0.380. The number of aryl methyl sites for hydroxylation is 1. The molecular formula is C14H13N5S3. The molecule has 22 heavy (non-hydrogen) atoms. The zero-order valence-electron chi connectivity index (χ0n) is 12.3. The van der Waals surface area contributed by atoms with Crippen molar-refractivity contribution in [2.45, 2.75) is 26.7 Å². The van der Waals surface area contributed by atoms with Crippen LogP contribution in [0.5, 0.6) is 0 Å². The predicted molar refractivity (Wildman–Crippen MR) is 91.9 cm³/mol. The Balaban J connectivity index is 1.88. The summed E-state index contributed by atoms with van der Waals surface area (Å²) < 4.78 is 1.83. The first-order valence-electron chi connectivity index (χ1n) is 6.86. The molecule has 5 nitrogen and oxygen atoms in total. The quantitative estimate of drug-likeness (QED) is 0.549. The number of aromatic nitrogens is 5. The van der Waals surface area contributed by atoms with Gasteiger partial charge >= 0.3 is 0 Å². The van der Waals surface area contributed by atoms with Gasteiger partial charge in [0.05, 0.1) is 15.6 Å². The van der Waals surface area contributed by atoms with Crippen LogP contribution in [0.25, 0.3) is 26.2 Å². The lowest BCUT2D eigenvalue weighted by Crippen LogP contribution is -1.92. The molecule has 0 amide bonds. The average molecular weight is 347 g/mol. The molecule has 0 aliphatic carbocycles. The van der Waals surface area contributed by atoms with Crippen molar-refractivity contribution in [2.24, 2.45) is 0 Å². The van der Waals surface area contributed by atoms with Gasteiger partial charge in [0.2, 0.25) is 4.96 Å². The number of rotatable bonds is 3. The van der Waals surface area contributed by atoms with Crippen molar-refractivity contribution in [3.8, 4) is 21.3 Å². The third-order valence-corrected chi connectivity index (χ3v) is 5.99. The number of hydrogen-bond donors (Lipinski definition) is 0. The van der Waals surface area contributed by atoms with E-state index in [0.717, 1.165) is 36.9 Å². The lowest BCUT2D eigenvalue weighted by molar-refractivity contribution is 0.829. The van der Waals surface area contributed by atoms with Crippen LogP contribution in [-0.4, -0.2) is 24.8 Å². The number of hydrogen-bond acceptors (Lipinski definition) is 7. The van der Waals surface area contributed by atoms with Gasteiger partial charge in [-0.15, -0.1) is 21.5 Å². The van der Waals surface area contributed by atoms with Gasteiger partial charge in [-0.1, -0.05) is 25.2 Å². The number of fused-ring (bicyclic) bond motifs is 1. The van der Waals surface area contributed by atoms with Crippen LogP contribution in [0.15, 0.2) is 16.8 Å². The number of thiophene rings is 1. The van der Waals surface area contributed by atoms with E-state index in [1.54, 1.807) is 34.0 Å². The first-order valence-corrected chi connectivity index (χ1v) is 9.43. The third-order valence-electron chi connectivity index (χ3n) is 3.27. The zero-order chi connectivity index (χ0) is 15.3. The minimum atomic E-state index is 0.380. The van der Waals surface area contributed by atoms with Crippen LogP contribution in [-0.2, 0) is 0 Å². The van der Waals surface area contributed by atoms with Crippen molar-refractivity contribution in [3.05, 3.63) is 27.5 Å². The molecule has 0 bridgehead atoms. The molecule has 0 atom stereocenters. The Kier molecular flexibility index (Phi) is 3.32. The maximum absolute atomic E-state index is 4.74. The number of nitrogens with zero attached hydrogens (tertiary/aromatic N) is 5. The fraction of sp³-hybridized carbons (Fsp3) is 0.286. The molecule has 4 rings (SSSR count). The molecule has 0 aliphatic heterocycles. The van der Waals surface area contributed by atoms with Crippen molar-refractivity contribution in [3.63, 3.8) is 0 Å². The zero-order valence-corrected chi connectivity index (χ0v) is 14.7. The fourth-order valence-corrected chi connectivity index (χ4v) is 4.89. The third kappa shape index (κ3) is 2.18. The van der Waals surface area contributed by atoms with Crippen molar-refractivity contribution in [1.29, 1.82) is 0 Å². The summed E-state index contributed by atoms with van der Waals surface area (Å²) in [4.78, 5) is 6.62. The highest BCUT2D eigenvalue weighted by atomic mass is 32.1. The first kappa shape index (κ1) is 14.0. The molecule has 4 aromatic rings. The van der Waals surface area contributed by atoms with E-state index in [4.69, 9.17) is 5.10 Å². The molecular weight excluding hydrogens is 334 g/mol. The van der Waals surface area contributed by atoms with Gasteiger partial charge in [0.15, 0.2) is 10.8 Å². The monoisotopic (exact) mass is 347 g/mol. The Labute approximate surface area is 139 Å². The maximum Gasteiger partial charge on any atom is 0.235 e. The van der Waals surface area contributed by atoms with Crippen molar-refractivity contribution >= 4 is 39.0 Å². The lowest BCUT2D eigenvalue weighted by atomic mass is 10.1. The minimum Gasteiger partial charge on any atom is -0.246 e. The average Bonchev–Trinajstić information content (AvgIpc) is 3.20. The van der Waals surface area contributed by atoms with E-state index < -0.39 is 0 Å². The van der Waals surface area contributed by atoms with Crippen LogP contribution >= 0.6 is 34.0 Å². The van der Waals surface area contributed by atoms with Crippen LogP contribution in [0.1, 0.15) is 30.5 Å². The van der Waals surface area contributed by atoms with Crippen molar-refractivity contribution in [1.82, 2.24) is 24.8 Å². The molecule has 0 spiro atoms. The topological polar surface area (TPSA) is 56.0 Å². The first-order chi connectivity index (χ1) is 10.6. The van der Waals surface area contributed by atoms with Gasteiger partial charge in [-0.3, -0.25) is 0 Å². The lowest BCUT2D eigenvalue weighted by Gasteiger charge is -2.01. The van der Waals surface area contributed by atoms with Crippen LogP contribution in [0.4, 0.5) is 0 Å².